The number of hydrogen-bond donors (Lipinski definition) is 2. The molecule has 7 nitrogen and oxygen atoms in total. The van der Waals surface area contributed by atoms with Crippen LogP contribution in [0.2, 0.25) is 0 Å². The number of hydrogen-bond acceptors (Lipinski definition) is 5. The van der Waals surface area contributed by atoms with Gasteiger partial charge < -0.3 is 20.3 Å². The first-order valence-corrected chi connectivity index (χ1v) is 11.1. The molecule has 0 spiro atoms. The summed E-state index contributed by atoms with van der Waals surface area (Å²) in [5.41, 5.74) is 0.915. The molecule has 2 aromatic carbocycles. The highest BCUT2D eigenvalue weighted by molar-refractivity contribution is 6.05. The van der Waals surface area contributed by atoms with E-state index in [1.165, 1.54) is 18.2 Å². The van der Waals surface area contributed by atoms with Gasteiger partial charge >= 0.3 is 6.18 Å². The Morgan fingerprint density at radius 3 is 2.53 bits per heavy atom. The number of ether oxygens (including phenoxy) is 1. The van der Waals surface area contributed by atoms with Crippen LogP contribution in [0.5, 0.6) is 0 Å². The maximum absolute atomic E-state index is 12.9. The highest BCUT2D eigenvalue weighted by Crippen LogP contribution is 2.29. The molecular weight excluding hydrogens is 473 g/mol. The van der Waals surface area contributed by atoms with Crippen LogP contribution in [0, 0.1) is 0 Å². The fourth-order valence-electron chi connectivity index (χ4n) is 3.61. The third kappa shape index (κ3) is 6.70. The number of nitrogens with one attached hydrogen (secondary N) is 2. The van der Waals surface area contributed by atoms with Crippen LogP contribution in [0.15, 0.2) is 72.9 Å². The first-order valence-electron chi connectivity index (χ1n) is 11.1. The molecule has 1 aliphatic heterocycles. The van der Waals surface area contributed by atoms with Crippen molar-refractivity contribution >= 4 is 35.1 Å². The van der Waals surface area contributed by atoms with Crippen molar-refractivity contribution in [3.8, 4) is 0 Å². The van der Waals surface area contributed by atoms with Crippen molar-refractivity contribution in [2.24, 2.45) is 0 Å². The van der Waals surface area contributed by atoms with Gasteiger partial charge in [-0.05, 0) is 48.0 Å². The fraction of sp³-hybridized carbons (Fsp3) is 0.192. The Hall–Kier alpha value is -4.18. The second-order valence-electron chi connectivity index (χ2n) is 7.98. The molecule has 2 amide bonds. The molecule has 0 unspecified atom stereocenters. The van der Waals surface area contributed by atoms with Gasteiger partial charge in [-0.3, -0.25) is 9.59 Å². The SMILES string of the molecule is O=C(C=Cc1cccc(NC(=O)c2cccc(C(F)(F)F)c2)c1)Nc1cc(N2CCOCC2)ccn1. The van der Waals surface area contributed by atoms with Crippen molar-refractivity contribution in [1.29, 1.82) is 0 Å². The zero-order valence-electron chi connectivity index (χ0n) is 19.1. The van der Waals surface area contributed by atoms with E-state index >= 15 is 0 Å². The molecule has 1 fully saturated rings. The van der Waals surface area contributed by atoms with Gasteiger partial charge in [-0.2, -0.15) is 13.2 Å². The number of carbonyl (C=O) groups is 2. The van der Waals surface area contributed by atoms with E-state index in [1.807, 2.05) is 6.07 Å². The standard InChI is InChI=1S/C26H23F3N4O3/c27-26(28,29)20-5-2-4-19(16-20)25(35)31-21-6-1-3-18(15-21)7-8-24(34)32-23-17-22(9-10-30-23)33-11-13-36-14-12-33/h1-10,15-17H,11-14H2,(H,31,35)(H,30,32,34). The molecule has 0 saturated carbocycles. The van der Waals surface area contributed by atoms with Crippen molar-refractivity contribution in [2.75, 3.05) is 41.8 Å². The Morgan fingerprint density at radius 2 is 1.75 bits per heavy atom. The molecule has 10 heteroatoms. The number of amides is 2. The Labute approximate surface area is 205 Å². The number of anilines is 3. The van der Waals surface area contributed by atoms with Gasteiger partial charge in [0.1, 0.15) is 5.82 Å². The van der Waals surface area contributed by atoms with Crippen LogP contribution in [0.1, 0.15) is 21.5 Å². The number of benzene rings is 2. The number of alkyl halides is 3. The second kappa shape index (κ2) is 11.0. The number of morpholine rings is 1. The maximum Gasteiger partial charge on any atom is 0.416 e. The summed E-state index contributed by atoms with van der Waals surface area (Å²) >= 11 is 0. The van der Waals surface area contributed by atoms with Crippen molar-refractivity contribution in [1.82, 2.24) is 4.98 Å². The van der Waals surface area contributed by atoms with Gasteiger partial charge in [-0.1, -0.05) is 18.2 Å². The second-order valence-corrected chi connectivity index (χ2v) is 7.98. The first kappa shape index (κ1) is 24.9. The third-order valence-corrected chi connectivity index (χ3v) is 5.39. The summed E-state index contributed by atoms with van der Waals surface area (Å²) in [5.74, 6) is -0.651. The minimum Gasteiger partial charge on any atom is -0.378 e. The fourth-order valence-corrected chi connectivity index (χ4v) is 3.61. The third-order valence-electron chi connectivity index (χ3n) is 5.39. The molecule has 0 bridgehead atoms. The zero-order chi connectivity index (χ0) is 25.5. The van der Waals surface area contributed by atoms with Gasteiger partial charge in [0.15, 0.2) is 0 Å². The predicted octanol–water partition coefficient (Wildman–Crippen LogP) is 4.84. The van der Waals surface area contributed by atoms with E-state index in [2.05, 4.69) is 20.5 Å². The van der Waals surface area contributed by atoms with Crippen molar-refractivity contribution < 1.29 is 27.5 Å². The molecule has 0 atom stereocenters. The van der Waals surface area contributed by atoms with E-state index in [9.17, 15) is 22.8 Å². The quantitative estimate of drug-likeness (QED) is 0.477. The molecule has 186 valence electrons. The average molecular weight is 496 g/mol. The summed E-state index contributed by atoms with van der Waals surface area (Å²) in [7, 11) is 0. The lowest BCUT2D eigenvalue weighted by Crippen LogP contribution is -2.36. The van der Waals surface area contributed by atoms with E-state index in [0.717, 1.165) is 30.9 Å². The Bertz CT molecular complexity index is 1270. The van der Waals surface area contributed by atoms with Crippen molar-refractivity contribution in [3.63, 3.8) is 0 Å². The summed E-state index contributed by atoms with van der Waals surface area (Å²) in [6.07, 6.45) is -0.0283. The Balaban J connectivity index is 1.38. The monoisotopic (exact) mass is 496 g/mol. The molecule has 2 N–H and O–H groups in total. The van der Waals surface area contributed by atoms with Gasteiger partial charge in [0, 0.05) is 48.4 Å². The largest absolute Gasteiger partial charge is 0.416 e. The summed E-state index contributed by atoms with van der Waals surface area (Å²) in [6, 6.07) is 14.4. The van der Waals surface area contributed by atoms with E-state index < -0.39 is 17.6 Å². The molecular formula is C26H23F3N4O3. The number of rotatable bonds is 6. The topological polar surface area (TPSA) is 83.6 Å². The maximum atomic E-state index is 12.9. The smallest absolute Gasteiger partial charge is 0.378 e. The summed E-state index contributed by atoms with van der Waals surface area (Å²) < 4.78 is 44.1. The lowest BCUT2D eigenvalue weighted by Gasteiger charge is -2.28. The Kier molecular flexibility index (Phi) is 7.65. The van der Waals surface area contributed by atoms with Gasteiger partial charge in [0.25, 0.3) is 5.91 Å². The number of nitrogens with zero attached hydrogens (tertiary/aromatic N) is 2. The molecule has 3 aromatic rings. The van der Waals surface area contributed by atoms with Crippen molar-refractivity contribution in [2.45, 2.75) is 6.18 Å². The van der Waals surface area contributed by atoms with Crippen LogP contribution in [0.25, 0.3) is 6.08 Å². The summed E-state index contributed by atoms with van der Waals surface area (Å²) in [4.78, 5) is 31.2. The van der Waals surface area contributed by atoms with Gasteiger partial charge in [-0.15, -0.1) is 0 Å². The predicted molar refractivity (Wildman–Crippen MR) is 131 cm³/mol. The molecule has 36 heavy (non-hydrogen) atoms. The molecule has 0 aliphatic carbocycles. The van der Waals surface area contributed by atoms with Gasteiger partial charge in [-0.25, -0.2) is 4.98 Å². The van der Waals surface area contributed by atoms with Gasteiger partial charge in [0.2, 0.25) is 5.91 Å². The van der Waals surface area contributed by atoms with Crippen LogP contribution >= 0.6 is 0 Å². The minimum absolute atomic E-state index is 0.114. The normalized spacial score (nSPS) is 14.0. The molecule has 1 saturated heterocycles. The van der Waals surface area contributed by atoms with Crippen molar-refractivity contribution in [3.05, 3.63) is 89.6 Å². The summed E-state index contributed by atoms with van der Waals surface area (Å²) in [5, 5.41) is 5.30. The lowest BCUT2D eigenvalue weighted by atomic mass is 10.1. The highest BCUT2D eigenvalue weighted by Gasteiger charge is 2.30. The molecule has 1 aliphatic rings. The molecule has 1 aromatic heterocycles. The number of pyridine rings is 1. The number of halogens is 3. The first-order chi connectivity index (χ1) is 17.3. The minimum atomic E-state index is -4.54. The van der Waals surface area contributed by atoms with E-state index in [0.29, 0.717) is 30.3 Å². The number of aromatic nitrogens is 1. The molecule has 4 rings (SSSR count). The van der Waals surface area contributed by atoms with Crippen LogP contribution in [-0.2, 0) is 15.7 Å². The van der Waals surface area contributed by atoms with Crippen LogP contribution in [-0.4, -0.2) is 43.1 Å². The van der Waals surface area contributed by atoms with Crippen LogP contribution in [0.3, 0.4) is 0 Å². The zero-order valence-corrected chi connectivity index (χ0v) is 19.1. The number of carbonyl (C=O) groups excluding carboxylic acids is 2. The molecule has 2 heterocycles. The lowest BCUT2D eigenvalue weighted by molar-refractivity contribution is -0.137. The highest BCUT2D eigenvalue weighted by atomic mass is 19.4. The van der Waals surface area contributed by atoms with Gasteiger partial charge in [0.05, 0.1) is 18.8 Å². The van der Waals surface area contributed by atoms with Crippen LogP contribution < -0.4 is 15.5 Å². The summed E-state index contributed by atoms with van der Waals surface area (Å²) in [6.45, 7) is 2.81. The van der Waals surface area contributed by atoms with Crippen LogP contribution in [0.4, 0.5) is 30.4 Å². The van der Waals surface area contributed by atoms with E-state index in [1.54, 1.807) is 42.6 Å². The average Bonchev–Trinajstić information content (AvgIpc) is 2.88. The molecule has 0 radical (unpaired) electrons. The van der Waals surface area contributed by atoms with E-state index in [4.69, 9.17) is 4.74 Å². The van der Waals surface area contributed by atoms with E-state index in [-0.39, 0.29) is 11.5 Å². The Morgan fingerprint density at radius 1 is 0.972 bits per heavy atom.